The summed E-state index contributed by atoms with van der Waals surface area (Å²) in [7, 11) is 2.09. The molecular formula is C59H63ClF2N10O7. The molecule has 6 heterocycles. The molecule has 4 aromatic carbocycles. The number of carbonyl (C=O) groups excluding carboxylic acids is 5. The van der Waals surface area contributed by atoms with E-state index in [-0.39, 0.29) is 86.5 Å². The number of terminal acetylenes is 1. The van der Waals surface area contributed by atoms with Crippen LogP contribution >= 0.6 is 11.6 Å². The number of hydrogen-bond donors (Lipinski definition) is 2. The van der Waals surface area contributed by atoms with Crippen molar-refractivity contribution in [1.29, 1.82) is 0 Å². The lowest BCUT2D eigenvalue weighted by atomic mass is 10.0. The Labute approximate surface area is 462 Å². The highest BCUT2D eigenvalue weighted by molar-refractivity contribution is 6.36. The fraction of sp³-hybridized carbons (Fsp3) is 0.407. The molecule has 2 unspecified atom stereocenters. The summed E-state index contributed by atoms with van der Waals surface area (Å²) >= 11 is 6.80. The van der Waals surface area contributed by atoms with E-state index in [4.69, 9.17) is 37.5 Å². The minimum atomic E-state index is -1.30. The van der Waals surface area contributed by atoms with Crippen LogP contribution in [0, 0.1) is 29.9 Å². The van der Waals surface area contributed by atoms with Crippen molar-refractivity contribution in [3.8, 4) is 24.1 Å². The highest BCUT2D eigenvalue weighted by atomic mass is 35.5. The van der Waals surface area contributed by atoms with Gasteiger partial charge in [-0.25, -0.2) is 9.18 Å². The van der Waals surface area contributed by atoms with Crippen LogP contribution in [-0.4, -0.2) is 132 Å². The maximum atomic E-state index is 15.6. The number of amides is 6. The minimum Gasteiger partial charge on any atom is -0.485 e. The fourth-order valence-electron chi connectivity index (χ4n) is 11.4. The van der Waals surface area contributed by atoms with Gasteiger partial charge in [-0.1, -0.05) is 68.4 Å². The smallest absolute Gasteiger partial charge is 0.322 e. The molecule has 5 aliphatic heterocycles. The van der Waals surface area contributed by atoms with E-state index in [9.17, 15) is 24.0 Å². The third kappa shape index (κ3) is 11.5. The number of benzene rings is 4. The molecule has 2 N–H and O–H groups in total. The van der Waals surface area contributed by atoms with Crippen LogP contribution in [0.4, 0.5) is 30.8 Å². The first kappa shape index (κ1) is 54.5. The van der Waals surface area contributed by atoms with Crippen molar-refractivity contribution in [2.75, 3.05) is 74.2 Å². The van der Waals surface area contributed by atoms with Gasteiger partial charge >= 0.3 is 12.0 Å². The molecule has 20 heteroatoms. The zero-order valence-electron chi connectivity index (χ0n) is 44.5. The quantitative estimate of drug-likeness (QED) is 0.0571. The lowest BCUT2D eigenvalue weighted by Gasteiger charge is -2.43. The van der Waals surface area contributed by atoms with E-state index in [2.05, 4.69) is 63.1 Å². The molecule has 3 atom stereocenters. The Morgan fingerprint density at radius 2 is 1.77 bits per heavy atom. The van der Waals surface area contributed by atoms with Gasteiger partial charge in [0.1, 0.15) is 25.1 Å². The number of aromatic nitrogens is 2. The number of nitrogens with one attached hydrogen (secondary N) is 2. The molecule has 0 bridgehead atoms. The molecule has 1 aromatic heterocycles. The summed E-state index contributed by atoms with van der Waals surface area (Å²) in [5.74, 6) is -1.41. The summed E-state index contributed by atoms with van der Waals surface area (Å²) in [6.07, 6.45) is 9.26. The first-order valence-corrected chi connectivity index (χ1v) is 27.2. The molecule has 0 saturated carbocycles. The summed E-state index contributed by atoms with van der Waals surface area (Å²) in [5.41, 5.74) is 4.58. The van der Waals surface area contributed by atoms with Crippen LogP contribution in [0.3, 0.4) is 0 Å². The molecule has 10 rings (SSSR count). The second-order valence-corrected chi connectivity index (χ2v) is 21.7. The minimum absolute atomic E-state index is 0.0127. The number of ether oxygens (including phenoxy) is 2. The molecule has 3 fully saturated rings. The van der Waals surface area contributed by atoms with Gasteiger partial charge in [-0.05, 0) is 79.9 Å². The highest BCUT2D eigenvalue weighted by Crippen LogP contribution is 2.38. The largest absolute Gasteiger partial charge is 0.485 e. The summed E-state index contributed by atoms with van der Waals surface area (Å²) in [4.78, 5) is 86.9. The third-order valence-corrected chi connectivity index (χ3v) is 15.8. The fourth-order valence-corrected chi connectivity index (χ4v) is 11.6. The van der Waals surface area contributed by atoms with E-state index in [0.717, 1.165) is 59.0 Å². The summed E-state index contributed by atoms with van der Waals surface area (Å²) in [6, 6.07) is 17.9. The topological polar surface area (TPSA) is 173 Å². The van der Waals surface area contributed by atoms with Gasteiger partial charge in [-0.3, -0.25) is 29.4 Å². The Bertz CT molecular complexity index is 3290. The Hall–Kier alpha value is -7.82. The molecule has 412 valence electrons. The van der Waals surface area contributed by atoms with Crippen molar-refractivity contribution in [2.45, 2.75) is 90.1 Å². The predicted octanol–water partition coefficient (Wildman–Crippen LogP) is 7.41. The molecule has 3 saturated heterocycles. The summed E-state index contributed by atoms with van der Waals surface area (Å²) in [5, 5.41) is 7.84. The number of nitrogens with zero attached hydrogens (tertiary/aromatic N) is 8. The number of hydrogen-bond acceptors (Lipinski definition) is 12. The molecule has 0 radical (unpaired) electrons. The van der Waals surface area contributed by atoms with Crippen LogP contribution in [0.1, 0.15) is 78.7 Å². The van der Waals surface area contributed by atoms with Gasteiger partial charge in [-0.2, -0.15) is 14.4 Å². The molecule has 5 aliphatic rings. The standard InChI is InChI=1S/C59H63ClF2N10O7/c1-6-10-40-31-69(54-44-20-22-68(48-15-8-12-38-11-7-14-45(60)52(38)48)32-47(44)64-58(66-54)79-34-41-13-9-21-67(41)5)23-24-70(40)56(75)36(4)33-78-50-27-42(26-46(61)53(50)62)71(29-35(2)3)59(77)63-28-37-16-17-43-39(25-37)30-72(57(43)76)49-18-19-51(73)65-55(49)74/h1,7-8,11-12,14-17,25-27,35,40-41,49H,4,9-10,13,18-24,28-34H2,2-3,5H3,(H,63,77)(H,65,73,74)/t40-,41?,49?/m0/s1. The van der Waals surface area contributed by atoms with E-state index in [1.807, 2.05) is 32.0 Å². The van der Waals surface area contributed by atoms with Crippen LogP contribution in [0.2, 0.25) is 5.02 Å². The van der Waals surface area contributed by atoms with Gasteiger partial charge < -0.3 is 39.3 Å². The SMILES string of the molecule is C#CC[C@H]1CN(c2nc(OCC3CCCN3C)nc3c2CCN(c2cccc4cccc(Cl)c24)C3)CCN1C(=O)C(=C)COc1cc(N(CC(C)C)C(=O)NCc2ccc3c(c2)CN(C2CCC(=O)NC2=O)C3=O)cc(F)c1F. The third-order valence-electron chi connectivity index (χ3n) is 15.5. The van der Waals surface area contributed by atoms with E-state index >= 15 is 8.78 Å². The number of piperidine rings is 1. The summed E-state index contributed by atoms with van der Waals surface area (Å²) in [6.45, 7) is 11.1. The van der Waals surface area contributed by atoms with Crippen molar-refractivity contribution < 1.29 is 42.2 Å². The molecule has 5 aromatic rings. The van der Waals surface area contributed by atoms with Gasteiger partial charge in [0.15, 0.2) is 11.6 Å². The monoisotopic (exact) mass is 1100 g/mol. The Morgan fingerprint density at radius 1 is 0.962 bits per heavy atom. The Balaban J connectivity index is 0.810. The predicted molar refractivity (Wildman–Crippen MR) is 296 cm³/mol. The summed E-state index contributed by atoms with van der Waals surface area (Å²) < 4.78 is 43.3. The lowest BCUT2D eigenvalue weighted by molar-refractivity contribution is -0.137. The zero-order chi connectivity index (χ0) is 55.6. The maximum Gasteiger partial charge on any atom is 0.322 e. The number of halogens is 3. The van der Waals surface area contributed by atoms with Gasteiger partial charge in [-0.15, -0.1) is 12.3 Å². The number of fused-ring (bicyclic) bond motifs is 3. The maximum absolute atomic E-state index is 15.6. The Kier molecular flexibility index (Phi) is 16.1. The van der Waals surface area contributed by atoms with Crippen molar-refractivity contribution in [3.05, 3.63) is 123 Å². The number of likely N-dealkylation sites (tertiary alicyclic amines) is 1. The second kappa shape index (κ2) is 23.3. The molecule has 17 nitrogen and oxygen atoms in total. The Morgan fingerprint density at radius 3 is 2.53 bits per heavy atom. The number of carbonyl (C=O) groups is 5. The van der Waals surface area contributed by atoms with E-state index in [0.29, 0.717) is 60.9 Å². The van der Waals surface area contributed by atoms with Crippen LogP contribution < -0.4 is 34.8 Å². The number of imide groups is 1. The first-order valence-electron chi connectivity index (χ1n) is 26.8. The molecule has 0 spiro atoms. The molecule has 6 amide bonds. The van der Waals surface area contributed by atoms with E-state index < -0.39 is 53.9 Å². The van der Waals surface area contributed by atoms with Crippen molar-refractivity contribution in [2.24, 2.45) is 5.92 Å². The van der Waals surface area contributed by atoms with Gasteiger partial charge in [0.05, 0.1) is 29.0 Å². The normalized spacial score (nSPS) is 19.3. The number of likely N-dealkylation sites (N-methyl/N-ethyl adjacent to an activating group) is 1. The molecule has 79 heavy (non-hydrogen) atoms. The number of urea groups is 1. The number of rotatable bonds is 16. The van der Waals surface area contributed by atoms with Crippen molar-refractivity contribution in [3.63, 3.8) is 0 Å². The van der Waals surface area contributed by atoms with E-state index in [1.54, 1.807) is 23.1 Å². The average molecular weight is 1100 g/mol. The van der Waals surface area contributed by atoms with Gasteiger partial charge in [0.2, 0.25) is 17.6 Å². The van der Waals surface area contributed by atoms with Crippen LogP contribution in [0.5, 0.6) is 11.8 Å². The van der Waals surface area contributed by atoms with Gasteiger partial charge in [0, 0.05) is 105 Å². The van der Waals surface area contributed by atoms with Crippen LogP contribution in [0.15, 0.2) is 78.9 Å². The second-order valence-electron chi connectivity index (χ2n) is 21.3. The number of piperazine rings is 1. The molecule has 0 aliphatic carbocycles. The van der Waals surface area contributed by atoms with Crippen molar-refractivity contribution in [1.82, 2.24) is 35.3 Å². The first-order chi connectivity index (χ1) is 38.0. The lowest BCUT2D eigenvalue weighted by Crippen LogP contribution is -2.56. The van der Waals surface area contributed by atoms with Crippen molar-refractivity contribution >= 4 is 69.2 Å². The average Bonchev–Trinajstić information content (AvgIpc) is 4.06. The molecular weight excluding hydrogens is 1030 g/mol. The van der Waals surface area contributed by atoms with Crippen LogP contribution in [-0.2, 0) is 40.4 Å². The van der Waals surface area contributed by atoms with Gasteiger partial charge in [0.25, 0.3) is 11.8 Å². The zero-order valence-corrected chi connectivity index (χ0v) is 45.3. The van der Waals surface area contributed by atoms with Crippen LogP contribution in [0.25, 0.3) is 10.8 Å². The highest BCUT2D eigenvalue weighted by Gasteiger charge is 2.40. The van der Waals surface area contributed by atoms with E-state index in [1.165, 1.54) is 15.9 Å². The number of anilines is 3.